The first kappa shape index (κ1) is 20.7. The standard InChI is InChI=1S/C19H19NO8/c1-3-26-17-11-14(15(20(23)24)12-16(17)25-2)19(22)28-10-9-27-18(21)13-7-5-4-6-8-13/h4-8,11-12H,3,9-10H2,1-2H3. The fourth-order valence-electron chi connectivity index (χ4n) is 2.30. The number of rotatable bonds is 9. The number of nitrogens with zero attached hydrogens (tertiary/aromatic N) is 1. The Hall–Kier alpha value is -3.62. The van der Waals surface area contributed by atoms with Gasteiger partial charge >= 0.3 is 11.9 Å². The van der Waals surface area contributed by atoms with Crippen LogP contribution in [-0.2, 0) is 9.47 Å². The van der Waals surface area contributed by atoms with Gasteiger partial charge in [-0.1, -0.05) is 18.2 Å². The number of carbonyl (C=O) groups excluding carboxylic acids is 2. The topological polar surface area (TPSA) is 114 Å². The van der Waals surface area contributed by atoms with Gasteiger partial charge in [-0.2, -0.15) is 0 Å². The van der Waals surface area contributed by atoms with Crippen LogP contribution in [0.3, 0.4) is 0 Å². The molecule has 0 N–H and O–H groups in total. The van der Waals surface area contributed by atoms with Crippen LogP contribution >= 0.6 is 0 Å². The van der Waals surface area contributed by atoms with E-state index in [9.17, 15) is 19.7 Å². The molecular weight excluding hydrogens is 370 g/mol. The number of hydrogen-bond acceptors (Lipinski definition) is 8. The van der Waals surface area contributed by atoms with Crippen molar-refractivity contribution in [3.8, 4) is 11.5 Å². The van der Waals surface area contributed by atoms with Crippen molar-refractivity contribution in [1.82, 2.24) is 0 Å². The molecule has 0 aliphatic carbocycles. The smallest absolute Gasteiger partial charge is 0.345 e. The summed E-state index contributed by atoms with van der Waals surface area (Å²) in [4.78, 5) is 34.6. The van der Waals surface area contributed by atoms with E-state index in [4.69, 9.17) is 18.9 Å². The second-order valence-electron chi connectivity index (χ2n) is 5.35. The number of methoxy groups -OCH3 is 1. The van der Waals surface area contributed by atoms with Crippen molar-refractivity contribution in [1.29, 1.82) is 0 Å². The molecule has 2 aromatic carbocycles. The molecule has 0 unspecified atom stereocenters. The zero-order valence-corrected chi connectivity index (χ0v) is 15.4. The van der Waals surface area contributed by atoms with Crippen LogP contribution < -0.4 is 9.47 Å². The Labute approximate surface area is 160 Å². The van der Waals surface area contributed by atoms with Crippen LogP contribution in [0.1, 0.15) is 27.6 Å². The van der Waals surface area contributed by atoms with Gasteiger partial charge in [0.2, 0.25) is 0 Å². The molecule has 0 atom stereocenters. The Bertz CT molecular complexity index is 851. The molecule has 0 heterocycles. The van der Waals surface area contributed by atoms with Gasteiger partial charge in [0.25, 0.3) is 5.69 Å². The molecule has 0 radical (unpaired) electrons. The van der Waals surface area contributed by atoms with E-state index in [0.29, 0.717) is 5.56 Å². The van der Waals surface area contributed by atoms with E-state index < -0.39 is 22.5 Å². The van der Waals surface area contributed by atoms with Gasteiger partial charge in [0.05, 0.1) is 30.3 Å². The molecule has 0 saturated heterocycles. The van der Waals surface area contributed by atoms with Crippen LogP contribution in [-0.4, -0.2) is 43.8 Å². The summed E-state index contributed by atoms with van der Waals surface area (Å²) in [7, 11) is 1.33. The Morgan fingerprint density at radius 2 is 1.64 bits per heavy atom. The highest BCUT2D eigenvalue weighted by Gasteiger charge is 2.26. The maximum atomic E-state index is 12.3. The third kappa shape index (κ3) is 5.19. The highest BCUT2D eigenvalue weighted by molar-refractivity contribution is 5.95. The van der Waals surface area contributed by atoms with Crippen LogP contribution in [0.25, 0.3) is 0 Å². The van der Waals surface area contributed by atoms with Crippen LogP contribution in [0.2, 0.25) is 0 Å². The first-order valence-corrected chi connectivity index (χ1v) is 8.36. The summed E-state index contributed by atoms with van der Waals surface area (Å²) in [5.74, 6) is -1.20. The molecule has 2 rings (SSSR count). The predicted molar refractivity (Wildman–Crippen MR) is 97.8 cm³/mol. The van der Waals surface area contributed by atoms with Crippen molar-refractivity contribution < 1.29 is 33.5 Å². The number of nitro groups is 1. The normalized spacial score (nSPS) is 10.1. The summed E-state index contributed by atoms with van der Waals surface area (Å²) < 4.78 is 20.4. The summed E-state index contributed by atoms with van der Waals surface area (Å²) in [6, 6.07) is 10.6. The molecule has 9 heteroatoms. The van der Waals surface area contributed by atoms with E-state index in [0.717, 1.165) is 6.07 Å². The SMILES string of the molecule is CCOc1cc(C(=O)OCCOC(=O)c2ccccc2)c([N+](=O)[O-])cc1OC. The van der Waals surface area contributed by atoms with E-state index in [1.54, 1.807) is 37.3 Å². The zero-order valence-electron chi connectivity index (χ0n) is 15.4. The number of ether oxygens (including phenoxy) is 4. The van der Waals surface area contributed by atoms with Gasteiger partial charge < -0.3 is 18.9 Å². The fourth-order valence-corrected chi connectivity index (χ4v) is 2.30. The zero-order chi connectivity index (χ0) is 20.5. The van der Waals surface area contributed by atoms with Crippen molar-refractivity contribution in [2.45, 2.75) is 6.92 Å². The average Bonchev–Trinajstić information content (AvgIpc) is 2.71. The van der Waals surface area contributed by atoms with Gasteiger partial charge in [-0.3, -0.25) is 10.1 Å². The number of carbonyl (C=O) groups is 2. The Kier molecular flexibility index (Phi) is 7.32. The lowest BCUT2D eigenvalue weighted by atomic mass is 10.1. The third-order valence-electron chi connectivity index (χ3n) is 3.56. The molecule has 0 bridgehead atoms. The maximum Gasteiger partial charge on any atom is 0.345 e. The molecule has 0 amide bonds. The van der Waals surface area contributed by atoms with Gasteiger partial charge in [0.1, 0.15) is 18.8 Å². The van der Waals surface area contributed by atoms with Crippen molar-refractivity contribution in [2.75, 3.05) is 26.9 Å². The van der Waals surface area contributed by atoms with Gasteiger partial charge in [-0.05, 0) is 19.1 Å². The largest absolute Gasteiger partial charge is 0.493 e. The average molecular weight is 389 g/mol. The van der Waals surface area contributed by atoms with E-state index in [-0.39, 0.29) is 36.9 Å². The summed E-state index contributed by atoms with van der Waals surface area (Å²) in [5, 5.41) is 11.3. The molecule has 0 saturated carbocycles. The Morgan fingerprint density at radius 3 is 2.21 bits per heavy atom. The molecule has 0 aliphatic rings. The molecule has 9 nitrogen and oxygen atoms in total. The molecule has 0 spiro atoms. The second kappa shape index (κ2) is 9.91. The molecule has 0 aliphatic heterocycles. The third-order valence-corrected chi connectivity index (χ3v) is 3.56. The minimum atomic E-state index is -0.939. The molecule has 2 aromatic rings. The van der Waals surface area contributed by atoms with E-state index >= 15 is 0 Å². The minimum absolute atomic E-state index is 0.127. The van der Waals surface area contributed by atoms with Crippen LogP contribution in [0, 0.1) is 10.1 Å². The molecule has 148 valence electrons. The number of benzene rings is 2. The number of hydrogen-bond donors (Lipinski definition) is 0. The van der Waals surface area contributed by atoms with E-state index in [1.807, 2.05) is 0 Å². The first-order valence-electron chi connectivity index (χ1n) is 8.36. The van der Waals surface area contributed by atoms with Crippen LogP contribution in [0.4, 0.5) is 5.69 Å². The highest BCUT2D eigenvalue weighted by Crippen LogP contribution is 2.35. The Morgan fingerprint density at radius 1 is 1.00 bits per heavy atom. The lowest BCUT2D eigenvalue weighted by Crippen LogP contribution is -2.15. The van der Waals surface area contributed by atoms with Crippen LogP contribution in [0.15, 0.2) is 42.5 Å². The maximum absolute atomic E-state index is 12.3. The summed E-state index contributed by atoms with van der Waals surface area (Å²) in [6.07, 6.45) is 0. The van der Waals surface area contributed by atoms with Gasteiger partial charge in [-0.25, -0.2) is 9.59 Å². The van der Waals surface area contributed by atoms with Crippen LogP contribution in [0.5, 0.6) is 11.5 Å². The number of nitro benzene ring substituents is 1. The molecular formula is C19H19NO8. The summed E-state index contributed by atoms with van der Waals surface area (Å²) in [6.45, 7) is 1.55. The molecule has 0 fully saturated rings. The minimum Gasteiger partial charge on any atom is -0.493 e. The van der Waals surface area contributed by atoms with Gasteiger partial charge in [-0.15, -0.1) is 0 Å². The summed E-state index contributed by atoms with van der Waals surface area (Å²) >= 11 is 0. The van der Waals surface area contributed by atoms with Gasteiger partial charge in [0, 0.05) is 6.07 Å². The van der Waals surface area contributed by atoms with Crippen molar-refractivity contribution in [3.63, 3.8) is 0 Å². The summed E-state index contributed by atoms with van der Waals surface area (Å²) in [5.41, 5.74) is -0.406. The fraction of sp³-hybridized carbons (Fsp3) is 0.263. The van der Waals surface area contributed by atoms with E-state index in [2.05, 4.69) is 0 Å². The quantitative estimate of drug-likeness (QED) is 0.278. The second-order valence-corrected chi connectivity index (χ2v) is 5.35. The number of esters is 2. The van der Waals surface area contributed by atoms with Crippen molar-refractivity contribution in [3.05, 3.63) is 63.7 Å². The highest BCUT2D eigenvalue weighted by atomic mass is 16.6. The van der Waals surface area contributed by atoms with Crippen molar-refractivity contribution in [2.24, 2.45) is 0 Å². The first-order chi connectivity index (χ1) is 13.5. The van der Waals surface area contributed by atoms with Crippen molar-refractivity contribution >= 4 is 17.6 Å². The Balaban J connectivity index is 2.03. The monoisotopic (exact) mass is 389 g/mol. The predicted octanol–water partition coefficient (Wildman–Crippen LogP) is 3.02. The van der Waals surface area contributed by atoms with E-state index in [1.165, 1.54) is 13.2 Å². The molecule has 0 aromatic heterocycles. The molecule has 28 heavy (non-hydrogen) atoms. The van der Waals surface area contributed by atoms with Gasteiger partial charge in [0.15, 0.2) is 11.5 Å². The lowest BCUT2D eigenvalue weighted by Gasteiger charge is -2.12. The lowest BCUT2D eigenvalue weighted by molar-refractivity contribution is -0.385.